The highest BCUT2D eigenvalue weighted by Crippen LogP contribution is 2.28. The number of nitriles is 2. The number of benzene rings is 4. The first-order valence-corrected chi connectivity index (χ1v) is 16.3. The number of allylic oxidation sites excluding steroid dienone is 2. The summed E-state index contributed by atoms with van der Waals surface area (Å²) in [7, 11) is 0. The minimum absolute atomic E-state index is 0.240. The number of ether oxygens (including phenoxy) is 2. The first kappa shape index (κ1) is 36.3. The van der Waals surface area contributed by atoms with Crippen LogP contribution in [0.15, 0.2) is 118 Å². The van der Waals surface area contributed by atoms with Crippen LogP contribution in [0.5, 0.6) is 11.5 Å². The Balaban J connectivity index is 1.70. The van der Waals surface area contributed by atoms with Gasteiger partial charge in [0.1, 0.15) is 23.6 Å². The maximum absolute atomic E-state index is 13.0. The van der Waals surface area contributed by atoms with Crippen LogP contribution in [-0.4, -0.2) is 50.5 Å². The lowest BCUT2D eigenvalue weighted by molar-refractivity contribution is 0.0725. The van der Waals surface area contributed by atoms with Crippen LogP contribution in [0, 0.1) is 22.7 Å². The zero-order chi connectivity index (χ0) is 35.9. The van der Waals surface area contributed by atoms with Crippen LogP contribution in [-0.2, 0) is 0 Å². The van der Waals surface area contributed by atoms with Gasteiger partial charge >= 0.3 is 11.9 Å². The molecule has 0 radical (unpaired) electrons. The summed E-state index contributed by atoms with van der Waals surface area (Å²) in [5.41, 5.74) is 2.75. The maximum Gasteiger partial charge on any atom is 0.343 e. The van der Waals surface area contributed by atoms with E-state index in [0.717, 1.165) is 37.6 Å². The predicted octanol–water partition coefficient (Wildman–Crippen LogP) is 7.61. The van der Waals surface area contributed by atoms with Crippen molar-refractivity contribution in [1.82, 2.24) is 0 Å². The zero-order valence-electron chi connectivity index (χ0n) is 28.5. The fourth-order valence-corrected chi connectivity index (χ4v) is 5.03. The number of carbonyl (C=O) groups excluding carboxylic acids is 2. The minimum atomic E-state index is -0.550. The van der Waals surface area contributed by atoms with E-state index < -0.39 is 11.9 Å². The van der Waals surface area contributed by atoms with Gasteiger partial charge in [0.2, 0.25) is 0 Å². The lowest BCUT2D eigenvalue weighted by Crippen LogP contribution is -2.22. The first-order valence-electron chi connectivity index (χ1n) is 16.3. The van der Waals surface area contributed by atoms with Crippen molar-refractivity contribution in [3.8, 4) is 23.6 Å². The van der Waals surface area contributed by atoms with Gasteiger partial charge in [-0.05, 0) is 76.2 Å². The smallest absolute Gasteiger partial charge is 0.343 e. The Morgan fingerprint density at radius 3 is 1.28 bits per heavy atom. The maximum atomic E-state index is 13.0. The van der Waals surface area contributed by atoms with Crippen molar-refractivity contribution in [2.75, 3.05) is 36.0 Å². The second-order valence-corrected chi connectivity index (χ2v) is 10.7. The Hall–Kier alpha value is -6.52. The summed E-state index contributed by atoms with van der Waals surface area (Å²) in [5.74, 6) is -0.619. The van der Waals surface area contributed by atoms with Crippen molar-refractivity contribution in [1.29, 1.82) is 10.5 Å². The number of hydrogen-bond donors (Lipinski definition) is 0. The number of nitrogens with zero attached hydrogens (tertiary/aromatic N) is 6. The van der Waals surface area contributed by atoms with Crippen LogP contribution < -0.4 is 19.3 Å². The van der Waals surface area contributed by atoms with Gasteiger partial charge in [0.25, 0.3) is 0 Å². The molecule has 0 aliphatic carbocycles. The third-order valence-electron chi connectivity index (χ3n) is 7.78. The number of hydrogen-bond acceptors (Lipinski definition) is 10. The quantitative estimate of drug-likeness (QED) is 0.0582. The molecule has 0 fully saturated rings. The highest BCUT2D eigenvalue weighted by Gasteiger charge is 2.16. The third kappa shape index (κ3) is 9.30. The normalized spacial score (nSPS) is 11.4. The van der Waals surface area contributed by atoms with Crippen LogP contribution >= 0.6 is 0 Å². The number of aliphatic imine (C=N–C) groups is 2. The molecule has 0 saturated carbocycles. The summed E-state index contributed by atoms with van der Waals surface area (Å²) in [6.07, 6.45) is 2.72. The second-order valence-electron chi connectivity index (χ2n) is 10.7. The van der Waals surface area contributed by atoms with E-state index in [4.69, 9.17) is 9.47 Å². The molecule has 4 aromatic carbocycles. The van der Waals surface area contributed by atoms with E-state index >= 15 is 0 Å². The summed E-state index contributed by atoms with van der Waals surface area (Å²) in [6, 6.07) is 31.8. The SMILES string of the molecule is CCN(CC)c1ccc(C=N/C(C#N)=C(\C#N)N=Cc2ccc(N(CC)CC)cc2OC(=O)c2ccccc2)c(OC(=O)c2ccccc2)c1. The Kier molecular flexibility index (Phi) is 13.2. The lowest BCUT2D eigenvalue weighted by Gasteiger charge is -2.22. The summed E-state index contributed by atoms with van der Waals surface area (Å²) in [4.78, 5) is 38.7. The van der Waals surface area contributed by atoms with Gasteiger partial charge in [-0.25, -0.2) is 19.6 Å². The Labute approximate surface area is 292 Å². The van der Waals surface area contributed by atoms with Gasteiger partial charge in [-0.3, -0.25) is 0 Å². The van der Waals surface area contributed by atoms with Crippen molar-refractivity contribution in [2.45, 2.75) is 27.7 Å². The zero-order valence-corrected chi connectivity index (χ0v) is 28.5. The fourth-order valence-electron chi connectivity index (χ4n) is 5.03. The van der Waals surface area contributed by atoms with Crippen molar-refractivity contribution in [3.05, 3.63) is 131 Å². The van der Waals surface area contributed by atoms with Crippen LogP contribution in [0.25, 0.3) is 0 Å². The molecule has 0 atom stereocenters. The largest absolute Gasteiger partial charge is 0.422 e. The molecule has 0 amide bonds. The number of carbonyl (C=O) groups is 2. The molecule has 0 spiro atoms. The van der Waals surface area contributed by atoms with E-state index in [9.17, 15) is 20.1 Å². The van der Waals surface area contributed by atoms with E-state index in [1.54, 1.807) is 84.9 Å². The van der Waals surface area contributed by atoms with Crippen molar-refractivity contribution in [3.63, 3.8) is 0 Å². The van der Waals surface area contributed by atoms with E-state index in [1.807, 2.05) is 52.0 Å². The molecule has 0 N–H and O–H groups in total. The number of rotatable bonds is 14. The molecule has 0 saturated heterocycles. The summed E-state index contributed by atoms with van der Waals surface area (Å²) >= 11 is 0. The molecule has 0 aliphatic heterocycles. The second kappa shape index (κ2) is 18.1. The van der Waals surface area contributed by atoms with Crippen LogP contribution in [0.3, 0.4) is 0 Å². The lowest BCUT2D eigenvalue weighted by atomic mass is 10.1. The molecular weight excluding hydrogens is 628 g/mol. The molecule has 0 heterocycles. The molecular formula is C40H38N6O4. The van der Waals surface area contributed by atoms with Gasteiger partial charge in [0, 0.05) is 73.2 Å². The minimum Gasteiger partial charge on any atom is -0.422 e. The summed E-state index contributed by atoms with van der Waals surface area (Å²) in [6.45, 7) is 11.1. The molecule has 0 unspecified atom stereocenters. The van der Waals surface area contributed by atoms with Gasteiger partial charge in [-0.1, -0.05) is 36.4 Å². The van der Waals surface area contributed by atoms with Crippen LogP contribution in [0.1, 0.15) is 59.5 Å². The molecule has 10 nitrogen and oxygen atoms in total. The van der Waals surface area contributed by atoms with Gasteiger partial charge in [-0.2, -0.15) is 10.5 Å². The van der Waals surface area contributed by atoms with Gasteiger partial charge in [-0.15, -0.1) is 0 Å². The molecule has 0 aliphatic rings. The van der Waals surface area contributed by atoms with Gasteiger partial charge in [0.05, 0.1) is 11.1 Å². The topological polar surface area (TPSA) is 131 Å². The summed E-state index contributed by atoms with van der Waals surface area (Å²) < 4.78 is 11.6. The highest BCUT2D eigenvalue weighted by molar-refractivity contribution is 5.95. The van der Waals surface area contributed by atoms with Gasteiger partial charge < -0.3 is 19.3 Å². The van der Waals surface area contributed by atoms with Crippen molar-refractivity contribution in [2.24, 2.45) is 9.98 Å². The van der Waals surface area contributed by atoms with Crippen molar-refractivity contribution < 1.29 is 19.1 Å². The molecule has 4 rings (SSSR count). The van der Waals surface area contributed by atoms with Crippen LogP contribution in [0.2, 0.25) is 0 Å². The van der Waals surface area contributed by atoms with E-state index in [-0.39, 0.29) is 22.9 Å². The van der Waals surface area contributed by atoms with E-state index in [1.165, 1.54) is 12.4 Å². The summed E-state index contributed by atoms with van der Waals surface area (Å²) in [5, 5.41) is 20.0. The number of anilines is 2. The average molecular weight is 667 g/mol. The van der Waals surface area contributed by atoms with Crippen molar-refractivity contribution >= 4 is 35.7 Å². The molecule has 0 bridgehead atoms. The predicted molar refractivity (Wildman–Crippen MR) is 196 cm³/mol. The first-order chi connectivity index (χ1) is 24.3. The molecule has 10 heteroatoms. The number of esters is 2. The Bertz CT molecular complexity index is 1820. The Morgan fingerprint density at radius 2 is 0.960 bits per heavy atom. The Morgan fingerprint density at radius 1 is 0.600 bits per heavy atom. The van der Waals surface area contributed by atoms with E-state index in [2.05, 4.69) is 19.8 Å². The molecule has 4 aromatic rings. The highest BCUT2D eigenvalue weighted by atomic mass is 16.5. The fraction of sp³-hybridized carbons (Fsp3) is 0.200. The molecule has 0 aromatic heterocycles. The average Bonchev–Trinajstić information content (AvgIpc) is 3.15. The third-order valence-corrected chi connectivity index (χ3v) is 7.78. The molecule has 252 valence electrons. The van der Waals surface area contributed by atoms with E-state index in [0.29, 0.717) is 22.3 Å². The standard InChI is InChI=1S/C40H38N6O4/c1-5-45(6-2)33-21-19-31(37(23-33)49-39(47)29-15-11-9-12-16-29)27-43-35(25-41)36(26-42)44-28-32-20-22-34(46(7-3)8-4)24-38(32)50-40(48)30-17-13-10-14-18-30/h9-24,27-28H,5-8H2,1-4H3/b36-35+,43-27?,44-28?. The van der Waals surface area contributed by atoms with Gasteiger partial charge in [0.15, 0.2) is 11.4 Å². The molecule has 50 heavy (non-hydrogen) atoms. The van der Waals surface area contributed by atoms with Crippen LogP contribution in [0.4, 0.5) is 11.4 Å². The monoisotopic (exact) mass is 666 g/mol.